The van der Waals surface area contributed by atoms with E-state index in [1.54, 1.807) is 0 Å². The second-order valence-corrected chi connectivity index (χ2v) is 21.3. The third kappa shape index (κ3) is 59.7. The third-order valence-electron chi connectivity index (χ3n) is 13.9. The van der Waals surface area contributed by atoms with Gasteiger partial charge in [0.2, 0.25) is 0 Å². The zero-order valence-corrected chi connectivity index (χ0v) is 49.1. The Hall–Kier alpha value is -3.15. The summed E-state index contributed by atoms with van der Waals surface area (Å²) in [5, 5.41) is 0. The largest absolute Gasteiger partial charge is 0.462 e. The van der Waals surface area contributed by atoms with Gasteiger partial charge in [0, 0.05) is 19.3 Å². The van der Waals surface area contributed by atoms with E-state index in [2.05, 4.69) is 93.7 Å². The molecule has 74 heavy (non-hydrogen) atoms. The first-order valence-corrected chi connectivity index (χ1v) is 31.9. The zero-order chi connectivity index (χ0) is 53.6. The fourth-order valence-corrected chi connectivity index (χ4v) is 9.13. The van der Waals surface area contributed by atoms with Crippen molar-refractivity contribution in [2.45, 2.75) is 329 Å². The number of hydrogen-bond acceptors (Lipinski definition) is 6. The number of ether oxygens (including phenoxy) is 3. The normalized spacial score (nSPS) is 12.5. The Bertz CT molecular complexity index is 1370. The van der Waals surface area contributed by atoms with Crippen LogP contribution in [0, 0.1) is 0 Å². The molecule has 6 nitrogen and oxygen atoms in total. The molecule has 0 heterocycles. The number of allylic oxidation sites excluding steroid dienone is 12. The van der Waals surface area contributed by atoms with Crippen LogP contribution in [-0.4, -0.2) is 37.2 Å². The van der Waals surface area contributed by atoms with Gasteiger partial charge in [-0.15, -0.1) is 0 Å². The molecule has 0 spiro atoms. The van der Waals surface area contributed by atoms with E-state index in [1.807, 2.05) is 0 Å². The average Bonchev–Trinajstić information content (AvgIpc) is 3.40. The van der Waals surface area contributed by atoms with Crippen LogP contribution in [0.2, 0.25) is 0 Å². The molecule has 0 aliphatic carbocycles. The molecule has 0 fully saturated rings. The summed E-state index contributed by atoms with van der Waals surface area (Å²) >= 11 is 0. The maximum Gasteiger partial charge on any atom is 0.306 e. The molecule has 1 unspecified atom stereocenters. The van der Waals surface area contributed by atoms with Crippen molar-refractivity contribution in [3.05, 3.63) is 72.9 Å². The molecular weight excluding hydrogens is 913 g/mol. The quantitative estimate of drug-likeness (QED) is 0.0261. The molecule has 0 saturated carbocycles. The van der Waals surface area contributed by atoms with Gasteiger partial charge in [0.05, 0.1) is 0 Å². The van der Waals surface area contributed by atoms with Gasteiger partial charge in [0.1, 0.15) is 13.2 Å². The minimum Gasteiger partial charge on any atom is -0.462 e. The van der Waals surface area contributed by atoms with Gasteiger partial charge in [0.25, 0.3) is 0 Å². The van der Waals surface area contributed by atoms with Crippen molar-refractivity contribution >= 4 is 17.9 Å². The van der Waals surface area contributed by atoms with E-state index in [0.29, 0.717) is 19.3 Å². The molecule has 428 valence electrons. The van der Waals surface area contributed by atoms with E-state index in [-0.39, 0.29) is 31.1 Å². The standard InChI is InChI=1S/C68H120O6/c1-4-7-10-13-16-19-22-25-28-30-31-32-33-34-35-36-37-38-41-43-46-49-52-55-58-61-67(70)73-64-65(63-72-66(69)60-57-54-51-48-45-42-39-27-24-21-18-15-12-9-6-3)74-68(71)62-59-56-53-50-47-44-40-29-26-23-20-17-14-11-8-5-2/h9,12,18,20-21,23,27,29-31,39-40,65H,4-8,10-11,13-17,19,22,24-26,28,32-38,41-64H2,1-3H3/b12-9-,21-18-,23-20-,31-30-,39-27-,40-29-. The molecule has 0 N–H and O–H groups in total. The molecule has 0 aromatic heterocycles. The Morgan fingerprint density at radius 2 is 0.527 bits per heavy atom. The molecule has 1 atom stereocenters. The first kappa shape index (κ1) is 70.8. The molecule has 0 aliphatic rings. The Kier molecular flexibility index (Phi) is 59.7. The molecule has 6 heteroatoms. The predicted molar refractivity (Wildman–Crippen MR) is 321 cm³/mol. The summed E-state index contributed by atoms with van der Waals surface area (Å²) in [6, 6.07) is 0. The van der Waals surface area contributed by atoms with Crippen LogP contribution in [0.5, 0.6) is 0 Å². The van der Waals surface area contributed by atoms with Crippen LogP contribution in [0.25, 0.3) is 0 Å². The van der Waals surface area contributed by atoms with Crippen LogP contribution in [0.15, 0.2) is 72.9 Å². The van der Waals surface area contributed by atoms with Gasteiger partial charge >= 0.3 is 17.9 Å². The lowest BCUT2D eigenvalue weighted by Crippen LogP contribution is -2.30. The van der Waals surface area contributed by atoms with Crippen LogP contribution < -0.4 is 0 Å². The minimum absolute atomic E-state index is 0.0854. The molecule has 0 amide bonds. The maximum atomic E-state index is 12.9. The highest BCUT2D eigenvalue weighted by Crippen LogP contribution is 2.16. The molecule has 0 aromatic rings. The Morgan fingerprint density at radius 1 is 0.284 bits per heavy atom. The molecule has 0 radical (unpaired) electrons. The van der Waals surface area contributed by atoms with E-state index in [9.17, 15) is 14.4 Å². The van der Waals surface area contributed by atoms with E-state index in [0.717, 1.165) is 122 Å². The summed E-state index contributed by atoms with van der Waals surface area (Å²) in [6.07, 6.45) is 80.5. The Labute approximate surface area is 459 Å². The summed E-state index contributed by atoms with van der Waals surface area (Å²) in [5.41, 5.74) is 0. The summed E-state index contributed by atoms with van der Waals surface area (Å²) in [5.74, 6) is -0.904. The van der Waals surface area contributed by atoms with Crippen LogP contribution in [0.3, 0.4) is 0 Å². The van der Waals surface area contributed by atoms with Gasteiger partial charge in [-0.1, -0.05) is 267 Å². The number of carbonyl (C=O) groups is 3. The number of hydrogen-bond donors (Lipinski definition) is 0. The zero-order valence-electron chi connectivity index (χ0n) is 49.1. The minimum atomic E-state index is -0.791. The van der Waals surface area contributed by atoms with Gasteiger partial charge in [-0.25, -0.2) is 0 Å². The highest BCUT2D eigenvalue weighted by Gasteiger charge is 2.19. The Balaban J connectivity index is 4.31. The van der Waals surface area contributed by atoms with E-state index in [1.165, 1.54) is 161 Å². The van der Waals surface area contributed by atoms with Gasteiger partial charge in [0.15, 0.2) is 6.10 Å². The Morgan fingerprint density at radius 3 is 0.851 bits per heavy atom. The van der Waals surface area contributed by atoms with E-state index >= 15 is 0 Å². The van der Waals surface area contributed by atoms with Crippen LogP contribution in [0.1, 0.15) is 323 Å². The lowest BCUT2D eigenvalue weighted by Gasteiger charge is -2.18. The SMILES string of the molecule is CC/C=C\C/C=C\C/C=C\CCCCCCCC(=O)OCC(COC(=O)CCCCCCCCCCCCCCC/C=C\CCCCCCCCCC)OC(=O)CCCCCCC/C=C\C/C=C\CCCCCC. The maximum absolute atomic E-state index is 12.9. The molecule has 0 aliphatic heterocycles. The number of carbonyl (C=O) groups excluding carboxylic acids is 3. The van der Waals surface area contributed by atoms with Gasteiger partial charge < -0.3 is 14.2 Å². The lowest BCUT2D eigenvalue weighted by atomic mass is 10.0. The van der Waals surface area contributed by atoms with Crippen LogP contribution in [-0.2, 0) is 28.6 Å². The smallest absolute Gasteiger partial charge is 0.306 e. The average molecular weight is 1030 g/mol. The van der Waals surface area contributed by atoms with Crippen molar-refractivity contribution < 1.29 is 28.6 Å². The predicted octanol–water partition coefficient (Wildman–Crippen LogP) is 21.7. The second-order valence-electron chi connectivity index (χ2n) is 21.3. The van der Waals surface area contributed by atoms with Crippen LogP contribution in [0.4, 0.5) is 0 Å². The van der Waals surface area contributed by atoms with Crippen molar-refractivity contribution in [2.24, 2.45) is 0 Å². The highest BCUT2D eigenvalue weighted by molar-refractivity contribution is 5.71. The van der Waals surface area contributed by atoms with Gasteiger partial charge in [-0.3, -0.25) is 14.4 Å². The van der Waals surface area contributed by atoms with Crippen molar-refractivity contribution in [1.29, 1.82) is 0 Å². The molecular formula is C68H120O6. The lowest BCUT2D eigenvalue weighted by molar-refractivity contribution is -0.167. The number of rotatable bonds is 58. The van der Waals surface area contributed by atoms with Crippen molar-refractivity contribution in [1.82, 2.24) is 0 Å². The van der Waals surface area contributed by atoms with E-state index < -0.39 is 6.10 Å². The highest BCUT2D eigenvalue weighted by atomic mass is 16.6. The number of unbranched alkanes of at least 4 members (excludes halogenated alkanes) is 35. The first-order chi connectivity index (χ1) is 36.5. The van der Waals surface area contributed by atoms with E-state index in [4.69, 9.17) is 14.2 Å². The summed E-state index contributed by atoms with van der Waals surface area (Å²) < 4.78 is 16.9. The number of esters is 3. The van der Waals surface area contributed by atoms with Crippen LogP contribution >= 0.6 is 0 Å². The molecule has 0 rings (SSSR count). The van der Waals surface area contributed by atoms with Gasteiger partial charge in [-0.05, 0) is 109 Å². The second kappa shape index (κ2) is 62.4. The topological polar surface area (TPSA) is 78.9 Å². The molecule has 0 saturated heterocycles. The monoisotopic (exact) mass is 1030 g/mol. The van der Waals surface area contributed by atoms with Crippen molar-refractivity contribution in [3.63, 3.8) is 0 Å². The first-order valence-electron chi connectivity index (χ1n) is 31.9. The third-order valence-corrected chi connectivity index (χ3v) is 13.9. The fourth-order valence-electron chi connectivity index (χ4n) is 9.13. The molecule has 0 aromatic carbocycles. The fraction of sp³-hybridized carbons (Fsp3) is 0.779. The van der Waals surface area contributed by atoms with Crippen molar-refractivity contribution in [2.75, 3.05) is 13.2 Å². The summed E-state index contributed by atoms with van der Waals surface area (Å²) in [6.45, 7) is 6.52. The van der Waals surface area contributed by atoms with Crippen molar-refractivity contribution in [3.8, 4) is 0 Å². The summed E-state index contributed by atoms with van der Waals surface area (Å²) in [4.78, 5) is 38.3. The summed E-state index contributed by atoms with van der Waals surface area (Å²) in [7, 11) is 0. The van der Waals surface area contributed by atoms with Gasteiger partial charge in [-0.2, -0.15) is 0 Å². The molecule has 0 bridgehead atoms.